The number of rotatable bonds is 4. The number of amides is 1. The van der Waals surface area contributed by atoms with Gasteiger partial charge in [0.1, 0.15) is 12.1 Å². The number of hydrogen-bond acceptors (Lipinski definition) is 4. The van der Waals surface area contributed by atoms with Gasteiger partial charge in [0.15, 0.2) is 0 Å². The molecule has 0 bridgehead atoms. The molecule has 7 nitrogen and oxygen atoms in total. The van der Waals surface area contributed by atoms with E-state index in [1.807, 2.05) is 32.0 Å². The maximum Gasteiger partial charge on any atom is 0.293 e. The van der Waals surface area contributed by atoms with Crippen LogP contribution in [0.15, 0.2) is 47.4 Å². The molecule has 0 aliphatic heterocycles. The van der Waals surface area contributed by atoms with Gasteiger partial charge in [-0.2, -0.15) is 10.2 Å². The number of carbonyl (C=O) groups excluding carboxylic acids is 1. The largest absolute Gasteiger partial charge is 0.324 e. The first-order chi connectivity index (χ1) is 14.7. The lowest BCUT2D eigenvalue weighted by Crippen LogP contribution is -2.31. The summed E-state index contributed by atoms with van der Waals surface area (Å²) >= 11 is 11.9. The molecule has 0 unspecified atom stereocenters. The summed E-state index contributed by atoms with van der Waals surface area (Å²) in [5.74, 6) is -0.413. The summed E-state index contributed by atoms with van der Waals surface area (Å²) in [5.41, 5.74) is 3.97. The fourth-order valence-corrected chi connectivity index (χ4v) is 3.76. The molecule has 0 fully saturated rings. The number of aromatic nitrogens is 4. The van der Waals surface area contributed by atoms with Crippen molar-refractivity contribution in [1.82, 2.24) is 19.6 Å². The van der Waals surface area contributed by atoms with Gasteiger partial charge in [-0.05, 0) is 50.6 Å². The van der Waals surface area contributed by atoms with Crippen LogP contribution >= 0.6 is 23.2 Å². The Morgan fingerprint density at radius 3 is 2.55 bits per heavy atom. The van der Waals surface area contributed by atoms with Crippen molar-refractivity contribution in [3.8, 4) is 5.69 Å². The highest BCUT2D eigenvalue weighted by Gasteiger charge is 2.17. The fraction of sp³-hybridized carbons (Fsp3) is 0.182. The van der Waals surface area contributed by atoms with E-state index >= 15 is 0 Å². The number of halogens is 2. The van der Waals surface area contributed by atoms with E-state index in [2.05, 4.69) is 15.5 Å². The maximum absolute atomic E-state index is 13.2. The number of anilines is 1. The van der Waals surface area contributed by atoms with Crippen LogP contribution in [0.3, 0.4) is 0 Å². The molecule has 2 aromatic carbocycles. The predicted molar refractivity (Wildman–Crippen MR) is 122 cm³/mol. The van der Waals surface area contributed by atoms with Gasteiger partial charge in [0, 0.05) is 11.1 Å². The summed E-state index contributed by atoms with van der Waals surface area (Å²) < 4.78 is 2.75. The standard InChI is InChI=1S/C22H19Cl2N5O2/c1-12-4-7-19(13(2)8-12)29-21-16(10-25-29)14(3)27-28(22(21)31)11-20(30)26-15-5-6-17(23)18(24)9-15/h4-10H,11H2,1-3H3,(H,26,30). The van der Waals surface area contributed by atoms with Gasteiger partial charge in [0.25, 0.3) is 5.56 Å². The van der Waals surface area contributed by atoms with Crippen molar-refractivity contribution in [1.29, 1.82) is 0 Å². The van der Waals surface area contributed by atoms with Gasteiger partial charge < -0.3 is 5.32 Å². The second-order valence-corrected chi connectivity index (χ2v) is 8.15. The summed E-state index contributed by atoms with van der Waals surface area (Å²) in [6.45, 7) is 5.50. The highest BCUT2D eigenvalue weighted by atomic mass is 35.5. The first-order valence-electron chi connectivity index (χ1n) is 9.52. The van der Waals surface area contributed by atoms with E-state index < -0.39 is 11.5 Å². The average Bonchev–Trinajstić information content (AvgIpc) is 3.14. The third kappa shape index (κ3) is 4.06. The molecule has 0 spiro atoms. The predicted octanol–water partition coefficient (Wildman–Crippen LogP) is 4.45. The van der Waals surface area contributed by atoms with Gasteiger partial charge in [-0.1, -0.05) is 40.9 Å². The lowest BCUT2D eigenvalue weighted by molar-refractivity contribution is -0.117. The van der Waals surface area contributed by atoms with Gasteiger partial charge in [-0.25, -0.2) is 9.36 Å². The first-order valence-corrected chi connectivity index (χ1v) is 10.3. The Hall–Kier alpha value is -3.16. The van der Waals surface area contributed by atoms with Crippen LogP contribution in [0, 0.1) is 20.8 Å². The van der Waals surface area contributed by atoms with E-state index in [1.165, 1.54) is 0 Å². The third-order valence-corrected chi connectivity index (χ3v) is 5.68. The third-order valence-electron chi connectivity index (χ3n) is 4.94. The van der Waals surface area contributed by atoms with Gasteiger partial charge in [0.2, 0.25) is 5.91 Å². The zero-order valence-electron chi connectivity index (χ0n) is 17.1. The summed E-state index contributed by atoms with van der Waals surface area (Å²) in [7, 11) is 0. The van der Waals surface area contributed by atoms with Crippen molar-refractivity contribution < 1.29 is 4.79 Å². The lowest BCUT2D eigenvalue weighted by Gasteiger charge is -2.11. The van der Waals surface area contributed by atoms with Gasteiger partial charge in [-0.3, -0.25) is 9.59 Å². The van der Waals surface area contributed by atoms with Crippen molar-refractivity contribution >= 4 is 45.7 Å². The lowest BCUT2D eigenvalue weighted by atomic mass is 10.1. The van der Waals surface area contributed by atoms with Crippen LogP contribution in [0.1, 0.15) is 16.8 Å². The molecule has 2 aromatic heterocycles. The number of aryl methyl sites for hydroxylation is 3. The van der Waals surface area contributed by atoms with Crippen LogP contribution < -0.4 is 10.9 Å². The van der Waals surface area contributed by atoms with E-state index in [9.17, 15) is 9.59 Å². The molecule has 0 saturated heterocycles. The van der Waals surface area contributed by atoms with Crippen LogP contribution in [-0.4, -0.2) is 25.5 Å². The molecule has 2 heterocycles. The monoisotopic (exact) mass is 455 g/mol. The maximum atomic E-state index is 13.2. The number of benzene rings is 2. The van der Waals surface area contributed by atoms with Gasteiger partial charge in [-0.15, -0.1) is 0 Å². The van der Waals surface area contributed by atoms with E-state index in [4.69, 9.17) is 23.2 Å². The number of hydrogen-bond donors (Lipinski definition) is 1. The molecule has 4 aromatic rings. The van der Waals surface area contributed by atoms with Crippen molar-refractivity contribution in [2.45, 2.75) is 27.3 Å². The number of nitrogens with zero attached hydrogens (tertiary/aromatic N) is 4. The smallest absolute Gasteiger partial charge is 0.293 e. The zero-order chi connectivity index (χ0) is 22.3. The van der Waals surface area contributed by atoms with Crippen LogP contribution in [0.4, 0.5) is 5.69 Å². The Morgan fingerprint density at radius 1 is 1.06 bits per heavy atom. The Bertz CT molecular complexity index is 1390. The Labute approximate surface area is 188 Å². The second-order valence-electron chi connectivity index (χ2n) is 7.33. The molecule has 1 N–H and O–H groups in total. The highest BCUT2D eigenvalue weighted by molar-refractivity contribution is 6.42. The van der Waals surface area contributed by atoms with Gasteiger partial charge >= 0.3 is 0 Å². The van der Waals surface area contributed by atoms with Crippen molar-refractivity contribution in [3.63, 3.8) is 0 Å². The Balaban J connectivity index is 1.72. The highest BCUT2D eigenvalue weighted by Crippen LogP contribution is 2.25. The molecular weight excluding hydrogens is 437 g/mol. The van der Waals surface area contributed by atoms with E-state index in [0.717, 1.165) is 21.5 Å². The summed E-state index contributed by atoms with van der Waals surface area (Å²) in [6, 6.07) is 10.7. The van der Waals surface area contributed by atoms with Crippen LogP contribution in [-0.2, 0) is 11.3 Å². The zero-order valence-corrected chi connectivity index (χ0v) is 18.6. The molecule has 0 radical (unpaired) electrons. The molecule has 0 aliphatic carbocycles. The molecular formula is C22H19Cl2N5O2. The first kappa shape index (κ1) is 21.1. The fourth-order valence-electron chi connectivity index (χ4n) is 3.46. The minimum atomic E-state index is -0.413. The molecule has 4 rings (SSSR count). The van der Waals surface area contributed by atoms with Crippen LogP contribution in [0.25, 0.3) is 16.6 Å². The molecule has 0 saturated carbocycles. The summed E-state index contributed by atoms with van der Waals surface area (Å²) in [5, 5.41) is 12.8. The Morgan fingerprint density at radius 2 is 1.84 bits per heavy atom. The van der Waals surface area contributed by atoms with Crippen LogP contribution in [0.2, 0.25) is 10.0 Å². The van der Waals surface area contributed by atoms with Gasteiger partial charge in [0.05, 0.1) is 27.6 Å². The minimum absolute atomic E-state index is 0.256. The normalized spacial score (nSPS) is 11.1. The molecule has 31 heavy (non-hydrogen) atoms. The quantitative estimate of drug-likeness (QED) is 0.492. The molecule has 0 atom stereocenters. The average molecular weight is 456 g/mol. The Kier molecular flexibility index (Phi) is 5.56. The molecule has 9 heteroatoms. The topological polar surface area (TPSA) is 81.8 Å². The van der Waals surface area contributed by atoms with E-state index in [1.54, 1.807) is 36.0 Å². The van der Waals surface area contributed by atoms with Crippen molar-refractivity contribution in [3.05, 3.63) is 79.8 Å². The van der Waals surface area contributed by atoms with E-state index in [0.29, 0.717) is 32.3 Å². The molecule has 1 amide bonds. The summed E-state index contributed by atoms with van der Waals surface area (Å²) in [6.07, 6.45) is 1.62. The van der Waals surface area contributed by atoms with Crippen molar-refractivity contribution in [2.24, 2.45) is 0 Å². The minimum Gasteiger partial charge on any atom is -0.324 e. The van der Waals surface area contributed by atoms with E-state index in [-0.39, 0.29) is 6.54 Å². The molecule has 0 aliphatic rings. The van der Waals surface area contributed by atoms with Crippen molar-refractivity contribution in [2.75, 3.05) is 5.32 Å². The van der Waals surface area contributed by atoms with Crippen LogP contribution in [0.5, 0.6) is 0 Å². The number of fused-ring (bicyclic) bond motifs is 1. The SMILES string of the molecule is Cc1ccc(-n2ncc3c(C)nn(CC(=O)Nc4ccc(Cl)c(Cl)c4)c(=O)c32)c(C)c1. The number of nitrogens with one attached hydrogen (secondary N) is 1. The second kappa shape index (κ2) is 8.17. The number of carbonyl (C=O) groups is 1. The molecule has 158 valence electrons. The summed E-state index contributed by atoms with van der Waals surface area (Å²) in [4.78, 5) is 25.8.